The molecule has 0 saturated heterocycles. The van der Waals surface area contributed by atoms with Gasteiger partial charge < -0.3 is 14.8 Å². The maximum Gasteiger partial charge on any atom is 0.213 e. The maximum absolute atomic E-state index is 5.57. The summed E-state index contributed by atoms with van der Waals surface area (Å²) in [6.07, 6.45) is 1.83. The van der Waals surface area contributed by atoms with Crippen LogP contribution < -0.4 is 10.1 Å². The molecule has 1 aromatic heterocycles. The highest BCUT2D eigenvalue weighted by Gasteiger charge is 2.09. The van der Waals surface area contributed by atoms with Crippen LogP contribution in [0, 0.1) is 0 Å². The molecule has 0 bridgehead atoms. The standard InChI is InChI=1S/C14H24N2O2/c1-11(15-5)12-6-7-13(16-10-12)17-8-9-18-14(2,3)4/h6-7,10-11,15H,8-9H2,1-5H3. The minimum atomic E-state index is -0.122. The number of hydrogen-bond acceptors (Lipinski definition) is 4. The first-order chi connectivity index (χ1) is 8.42. The van der Waals surface area contributed by atoms with E-state index in [-0.39, 0.29) is 5.60 Å². The van der Waals surface area contributed by atoms with Crippen LogP contribution in [-0.2, 0) is 4.74 Å². The van der Waals surface area contributed by atoms with Crippen molar-refractivity contribution in [3.05, 3.63) is 23.9 Å². The van der Waals surface area contributed by atoms with Gasteiger partial charge >= 0.3 is 0 Å². The molecule has 1 unspecified atom stereocenters. The molecule has 0 radical (unpaired) electrons. The molecule has 0 aliphatic carbocycles. The van der Waals surface area contributed by atoms with Gasteiger partial charge in [-0.25, -0.2) is 4.98 Å². The maximum atomic E-state index is 5.57. The van der Waals surface area contributed by atoms with E-state index in [9.17, 15) is 0 Å². The fraction of sp³-hybridized carbons (Fsp3) is 0.643. The van der Waals surface area contributed by atoms with Gasteiger partial charge in [0.1, 0.15) is 6.61 Å². The molecule has 1 N–H and O–H groups in total. The predicted octanol–water partition coefficient (Wildman–Crippen LogP) is 2.56. The van der Waals surface area contributed by atoms with Gasteiger partial charge in [0.05, 0.1) is 12.2 Å². The summed E-state index contributed by atoms with van der Waals surface area (Å²) in [7, 11) is 1.93. The Labute approximate surface area is 110 Å². The Morgan fingerprint density at radius 2 is 2.00 bits per heavy atom. The van der Waals surface area contributed by atoms with E-state index < -0.39 is 0 Å². The number of nitrogens with one attached hydrogen (secondary N) is 1. The van der Waals surface area contributed by atoms with Crippen LogP contribution in [-0.4, -0.2) is 30.8 Å². The molecule has 1 aromatic rings. The Kier molecular flexibility index (Phi) is 5.56. The van der Waals surface area contributed by atoms with Crippen molar-refractivity contribution in [2.75, 3.05) is 20.3 Å². The lowest BCUT2D eigenvalue weighted by atomic mass is 10.1. The monoisotopic (exact) mass is 252 g/mol. The van der Waals surface area contributed by atoms with Crippen LogP contribution in [0.1, 0.15) is 39.3 Å². The molecular formula is C14H24N2O2. The number of rotatable bonds is 6. The molecular weight excluding hydrogens is 228 g/mol. The summed E-state index contributed by atoms with van der Waals surface area (Å²) in [5, 5.41) is 3.17. The van der Waals surface area contributed by atoms with Crippen molar-refractivity contribution in [1.29, 1.82) is 0 Å². The molecule has 0 aliphatic heterocycles. The van der Waals surface area contributed by atoms with Crippen LogP contribution in [0.15, 0.2) is 18.3 Å². The first-order valence-electron chi connectivity index (χ1n) is 6.32. The highest BCUT2D eigenvalue weighted by molar-refractivity contribution is 5.20. The fourth-order valence-electron chi connectivity index (χ4n) is 1.39. The van der Waals surface area contributed by atoms with E-state index in [2.05, 4.69) is 17.2 Å². The van der Waals surface area contributed by atoms with Gasteiger partial charge in [0.25, 0.3) is 0 Å². The van der Waals surface area contributed by atoms with Gasteiger partial charge in [-0.1, -0.05) is 6.07 Å². The summed E-state index contributed by atoms with van der Waals surface area (Å²) in [6, 6.07) is 4.21. The van der Waals surface area contributed by atoms with Crippen LogP contribution in [0.4, 0.5) is 0 Å². The van der Waals surface area contributed by atoms with Crippen molar-refractivity contribution in [2.45, 2.75) is 39.3 Å². The van der Waals surface area contributed by atoms with Gasteiger partial charge in [-0.2, -0.15) is 0 Å². The molecule has 4 heteroatoms. The molecule has 0 aromatic carbocycles. The minimum absolute atomic E-state index is 0.122. The average Bonchev–Trinajstić information content (AvgIpc) is 2.33. The van der Waals surface area contributed by atoms with E-state index in [0.29, 0.717) is 25.1 Å². The predicted molar refractivity (Wildman–Crippen MR) is 72.9 cm³/mol. The summed E-state index contributed by atoms with van der Waals surface area (Å²) in [5.41, 5.74) is 1.03. The molecule has 1 atom stereocenters. The summed E-state index contributed by atoms with van der Waals surface area (Å²) < 4.78 is 11.1. The molecule has 18 heavy (non-hydrogen) atoms. The second-order valence-electron chi connectivity index (χ2n) is 5.25. The van der Waals surface area contributed by atoms with Gasteiger partial charge in [0, 0.05) is 18.3 Å². The third kappa shape index (κ3) is 5.47. The van der Waals surface area contributed by atoms with Crippen molar-refractivity contribution in [2.24, 2.45) is 0 Å². The largest absolute Gasteiger partial charge is 0.475 e. The number of ether oxygens (including phenoxy) is 2. The lowest BCUT2D eigenvalue weighted by Gasteiger charge is -2.19. The molecule has 0 fully saturated rings. The van der Waals surface area contributed by atoms with Crippen LogP contribution in [0.25, 0.3) is 0 Å². The van der Waals surface area contributed by atoms with E-state index in [1.54, 1.807) is 0 Å². The highest BCUT2D eigenvalue weighted by atomic mass is 16.5. The van der Waals surface area contributed by atoms with Crippen molar-refractivity contribution >= 4 is 0 Å². The molecule has 0 amide bonds. The zero-order chi connectivity index (χ0) is 13.6. The number of aromatic nitrogens is 1. The first-order valence-corrected chi connectivity index (χ1v) is 6.32. The van der Waals surface area contributed by atoms with Gasteiger partial charge in [0.15, 0.2) is 0 Å². The quantitative estimate of drug-likeness (QED) is 0.790. The smallest absolute Gasteiger partial charge is 0.213 e. The zero-order valence-electron chi connectivity index (χ0n) is 12.0. The Morgan fingerprint density at radius 3 is 2.50 bits per heavy atom. The first kappa shape index (κ1) is 14.9. The lowest BCUT2D eigenvalue weighted by molar-refractivity contribution is -0.0168. The molecule has 102 valence electrons. The number of pyridine rings is 1. The second kappa shape index (κ2) is 6.71. The van der Waals surface area contributed by atoms with Gasteiger partial charge in [0.2, 0.25) is 5.88 Å². The van der Waals surface area contributed by atoms with Crippen molar-refractivity contribution < 1.29 is 9.47 Å². The zero-order valence-corrected chi connectivity index (χ0v) is 12.0. The molecule has 0 spiro atoms. The summed E-state index contributed by atoms with van der Waals surface area (Å²) >= 11 is 0. The SMILES string of the molecule is CNC(C)c1ccc(OCCOC(C)(C)C)nc1. The summed E-state index contributed by atoms with van der Waals surface area (Å²) in [6.45, 7) is 9.26. The molecule has 1 heterocycles. The Hall–Kier alpha value is -1.13. The topological polar surface area (TPSA) is 43.4 Å². The molecule has 0 aliphatic rings. The van der Waals surface area contributed by atoms with Gasteiger partial charge in [-0.3, -0.25) is 0 Å². The van der Waals surface area contributed by atoms with Crippen molar-refractivity contribution in [3.8, 4) is 5.88 Å². The number of nitrogens with zero attached hydrogens (tertiary/aromatic N) is 1. The Bertz CT molecular complexity index is 344. The third-order valence-electron chi connectivity index (χ3n) is 2.56. The Balaban J connectivity index is 2.35. The average molecular weight is 252 g/mol. The van der Waals surface area contributed by atoms with E-state index in [1.807, 2.05) is 46.1 Å². The van der Waals surface area contributed by atoms with E-state index in [1.165, 1.54) is 0 Å². The number of hydrogen-bond donors (Lipinski definition) is 1. The minimum Gasteiger partial charge on any atom is -0.475 e. The lowest BCUT2D eigenvalue weighted by Crippen LogP contribution is -2.22. The van der Waals surface area contributed by atoms with E-state index in [0.717, 1.165) is 5.56 Å². The van der Waals surface area contributed by atoms with Crippen LogP contribution >= 0.6 is 0 Å². The van der Waals surface area contributed by atoms with Gasteiger partial charge in [-0.05, 0) is 40.3 Å². The van der Waals surface area contributed by atoms with E-state index >= 15 is 0 Å². The second-order valence-corrected chi connectivity index (χ2v) is 5.25. The molecule has 1 rings (SSSR count). The normalized spacial score (nSPS) is 13.4. The Morgan fingerprint density at radius 1 is 1.28 bits per heavy atom. The molecule has 0 saturated carbocycles. The highest BCUT2D eigenvalue weighted by Crippen LogP contribution is 2.14. The van der Waals surface area contributed by atoms with E-state index in [4.69, 9.17) is 9.47 Å². The summed E-state index contributed by atoms with van der Waals surface area (Å²) in [4.78, 5) is 4.26. The molecule has 4 nitrogen and oxygen atoms in total. The van der Waals surface area contributed by atoms with Gasteiger partial charge in [-0.15, -0.1) is 0 Å². The van der Waals surface area contributed by atoms with Crippen LogP contribution in [0.3, 0.4) is 0 Å². The van der Waals surface area contributed by atoms with Crippen LogP contribution in [0.5, 0.6) is 5.88 Å². The van der Waals surface area contributed by atoms with Crippen molar-refractivity contribution in [3.63, 3.8) is 0 Å². The fourth-order valence-corrected chi connectivity index (χ4v) is 1.39. The summed E-state index contributed by atoms with van der Waals surface area (Å²) in [5.74, 6) is 0.638. The third-order valence-corrected chi connectivity index (χ3v) is 2.56. The van der Waals surface area contributed by atoms with Crippen LogP contribution in [0.2, 0.25) is 0 Å². The van der Waals surface area contributed by atoms with Crippen molar-refractivity contribution in [1.82, 2.24) is 10.3 Å².